The standard InChI is InChI=1S/C20H28N4S.HI/c1-2-21-20(23-15-19-6-5-13-25-19)22-14-17-7-9-18(10-8-17)16-24-11-3-4-12-24;/h5-10,13H,2-4,11-12,14-16H2,1H3,(H2,21,22,23);1H. The summed E-state index contributed by atoms with van der Waals surface area (Å²) in [6.45, 7) is 8.04. The van der Waals surface area contributed by atoms with Crippen LogP contribution in [0.2, 0.25) is 0 Å². The van der Waals surface area contributed by atoms with E-state index in [0.29, 0.717) is 6.54 Å². The van der Waals surface area contributed by atoms with E-state index in [1.807, 2.05) is 0 Å². The van der Waals surface area contributed by atoms with Crippen molar-refractivity contribution >= 4 is 41.3 Å². The first-order valence-corrected chi connectivity index (χ1v) is 10.1. The van der Waals surface area contributed by atoms with Gasteiger partial charge in [0.15, 0.2) is 5.96 Å². The van der Waals surface area contributed by atoms with Crippen LogP contribution in [0.4, 0.5) is 0 Å². The molecule has 0 radical (unpaired) electrons. The molecule has 2 N–H and O–H groups in total. The van der Waals surface area contributed by atoms with Crippen LogP contribution in [-0.4, -0.2) is 30.5 Å². The molecule has 3 rings (SSSR count). The highest BCUT2D eigenvalue weighted by atomic mass is 127. The third-order valence-corrected chi connectivity index (χ3v) is 5.28. The highest BCUT2D eigenvalue weighted by Crippen LogP contribution is 2.13. The fraction of sp³-hybridized carbons (Fsp3) is 0.450. The number of halogens is 1. The zero-order valence-corrected chi connectivity index (χ0v) is 18.6. The first-order chi connectivity index (χ1) is 12.3. The van der Waals surface area contributed by atoms with E-state index >= 15 is 0 Å². The zero-order chi connectivity index (χ0) is 17.3. The number of nitrogens with zero attached hydrogens (tertiary/aromatic N) is 2. The number of guanidine groups is 1. The van der Waals surface area contributed by atoms with Crippen LogP contribution in [-0.2, 0) is 19.6 Å². The van der Waals surface area contributed by atoms with Gasteiger partial charge >= 0.3 is 0 Å². The third kappa shape index (κ3) is 6.89. The van der Waals surface area contributed by atoms with Crippen molar-refractivity contribution in [2.75, 3.05) is 19.6 Å². The highest BCUT2D eigenvalue weighted by Gasteiger charge is 2.11. The maximum atomic E-state index is 4.70. The van der Waals surface area contributed by atoms with Crippen LogP contribution in [0.5, 0.6) is 0 Å². The van der Waals surface area contributed by atoms with E-state index in [1.165, 1.54) is 41.9 Å². The minimum absolute atomic E-state index is 0. The first kappa shape index (κ1) is 21.2. The number of nitrogens with one attached hydrogen (secondary N) is 2. The van der Waals surface area contributed by atoms with Crippen LogP contribution in [0.1, 0.15) is 35.8 Å². The van der Waals surface area contributed by atoms with Gasteiger partial charge in [0.05, 0.1) is 13.1 Å². The highest BCUT2D eigenvalue weighted by molar-refractivity contribution is 14.0. The molecule has 0 unspecified atom stereocenters. The molecule has 0 atom stereocenters. The molecule has 1 aromatic carbocycles. The van der Waals surface area contributed by atoms with Crippen molar-refractivity contribution in [3.05, 3.63) is 57.8 Å². The van der Waals surface area contributed by atoms with Crippen LogP contribution in [0.3, 0.4) is 0 Å². The summed E-state index contributed by atoms with van der Waals surface area (Å²) in [5.74, 6) is 0.872. The van der Waals surface area contributed by atoms with E-state index in [0.717, 1.165) is 25.6 Å². The summed E-state index contributed by atoms with van der Waals surface area (Å²) in [7, 11) is 0. The average Bonchev–Trinajstić information content (AvgIpc) is 3.32. The quantitative estimate of drug-likeness (QED) is 0.351. The summed E-state index contributed by atoms with van der Waals surface area (Å²) in [6, 6.07) is 13.1. The molecule has 2 heterocycles. The second kappa shape index (κ2) is 11.6. The Bertz CT molecular complexity index is 649. The van der Waals surface area contributed by atoms with Crippen LogP contribution in [0.15, 0.2) is 46.8 Å². The molecule has 2 aromatic rings. The van der Waals surface area contributed by atoms with Gasteiger partial charge in [0.25, 0.3) is 0 Å². The lowest BCUT2D eigenvalue weighted by Gasteiger charge is -2.14. The summed E-state index contributed by atoms with van der Waals surface area (Å²) < 4.78 is 0. The molecule has 1 aliphatic heterocycles. The Hall–Kier alpha value is -1.12. The van der Waals surface area contributed by atoms with Gasteiger partial charge in [-0.15, -0.1) is 35.3 Å². The number of thiophene rings is 1. The van der Waals surface area contributed by atoms with Crippen molar-refractivity contribution in [1.29, 1.82) is 0 Å². The van der Waals surface area contributed by atoms with Crippen molar-refractivity contribution in [3.63, 3.8) is 0 Å². The van der Waals surface area contributed by atoms with E-state index in [1.54, 1.807) is 11.3 Å². The smallest absolute Gasteiger partial charge is 0.191 e. The maximum absolute atomic E-state index is 4.70. The van der Waals surface area contributed by atoms with Gasteiger partial charge in [-0.2, -0.15) is 0 Å². The van der Waals surface area contributed by atoms with Crippen LogP contribution in [0, 0.1) is 0 Å². The monoisotopic (exact) mass is 484 g/mol. The van der Waals surface area contributed by atoms with E-state index < -0.39 is 0 Å². The fourth-order valence-electron chi connectivity index (χ4n) is 3.05. The Balaban J connectivity index is 0.00000243. The summed E-state index contributed by atoms with van der Waals surface area (Å²) in [5.41, 5.74) is 2.65. The van der Waals surface area contributed by atoms with E-state index in [2.05, 4.69) is 64.2 Å². The van der Waals surface area contributed by atoms with Gasteiger partial charge in [0.2, 0.25) is 0 Å². The van der Waals surface area contributed by atoms with Gasteiger partial charge in [-0.1, -0.05) is 30.3 Å². The van der Waals surface area contributed by atoms with Crippen molar-refractivity contribution in [1.82, 2.24) is 15.5 Å². The molecule has 0 spiro atoms. The van der Waals surface area contributed by atoms with Gasteiger partial charge in [-0.25, -0.2) is 4.99 Å². The number of likely N-dealkylation sites (tertiary alicyclic amines) is 1. The minimum atomic E-state index is 0. The Morgan fingerprint density at radius 1 is 1.08 bits per heavy atom. The van der Waals surface area contributed by atoms with Crippen molar-refractivity contribution < 1.29 is 0 Å². The number of benzene rings is 1. The molecule has 0 bridgehead atoms. The largest absolute Gasteiger partial charge is 0.357 e. The van der Waals surface area contributed by atoms with Gasteiger partial charge in [0, 0.05) is 18.0 Å². The number of hydrogen-bond acceptors (Lipinski definition) is 3. The minimum Gasteiger partial charge on any atom is -0.357 e. The van der Waals surface area contributed by atoms with Crippen molar-refractivity contribution in [2.24, 2.45) is 4.99 Å². The van der Waals surface area contributed by atoms with Crippen molar-refractivity contribution in [2.45, 2.75) is 39.4 Å². The van der Waals surface area contributed by atoms with E-state index in [4.69, 9.17) is 4.99 Å². The lowest BCUT2D eigenvalue weighted by atomic mass is 10.1. The Labute approximate surface area is 178 Å². The van der Waals surface area contributed by atoms with E-state index in [9.17, 15) is 0 Å². The maximum Gasteiger partial charge on any atom is 0.191 e. The second-order valence-electron chi connectivity index (χ2n) is 6.43. The van der Waals surface area contributed by atoms with Gasteiger partial charge in [-0.3, -0.25) is 4.90 Å². The molecule has 0 aliphatic carbocycles. The predicted molar refractivity (Wildman–Crippen MR) is 122 cm³/mol. The van der Waals surface area contributed by atoms with Crippen LogP contribution >= 0.6 is 35.3 Å². The molecule has 0 amide bonds. The van der Waals surface area contributed by atoms with Crippen LogP contribution < -0.4 is 10.6 Å². The average molecular weight is 484 g/mol. The van der Waals surface area contributed by atoms with Gasteiger partial charge in [0.1, 0.15) is 0 Å². The lowest BCUT2D eigenvalue weighted by Crippen LogP contribution is -2.36. The molecule has 0 saturated carbocycles. The first-order valence-electron chi connectivity index (χ1n) is 9.18. The molecule has 6 heteroatoms. The van der Waals surface area contributed by atoms with Crippen molar-refractivity contribution in [3.8, 4) is 0 Å². The summed E-state index contributed by atoms with van der Waals surface area (Å²) in [5, 5.41) is 8.81. The summed E-state index contributed by atoms with van der Waals surface area (Å²) in [4.78, 5) is 8.55. The van der Waals surface area contributed by atoms with E-state index in [-0.39, 0.29) is 24.0 Å². The molecule has 1 aromatic heterocycles. The van der Waals surface area contributed by atoms with Gasteiger partial charge in [-0.05, 0) is 55.4 Å². The Morgan fingerprint density at radius 2 is 1.81 bits per heavy atom. The SMILES string of the molecule is CCNC(=NCc1ccc(CN2CCCC2)cc1)NCc1cccs1.I. The fourth-order valence-corrected chi connectivity index (χ4v) is 3.69. The zero-order valence-electron chi connectivity index (χ0n) is 15.4. The molecule has 4 nitrogen and oxygen atoms in total. The number of aliphatic imine (C=N–C) groups is 1. The Kier molecular flexibility index (Phi) is 9.42. The molecular formula is C20H29IN4S. The molecular weight excluding hydrogens is 455 g/mol. The molecule has 1 fully saturated rings. The number of rotatable bonds is 7. The molecule has 26 heavy (non-hydrogen) atoms. The van der Waals surface area contributed by atoms with Crippen LogP contribution in [0.25, 0.3) is 0 Å². The summed E-state index contributed by atoms with van der Waals surface area (Å²) in [6.07, 6.45) is 2.69. The molecule has 1 saturated heterocycles. The lowest BCUT2D eigenvalue weighted by molar-refractivity contribution is 0.331. The normalized spacial score (nSPS) is 14.9. The molecule has 142 valence electrons. The molecule has 1 aliphatic rings. The van der Waals surface area contributed by atoms with Gasteiger partial charge < -0.3 is 10.6 Å². The Morgan fingerprint density at radius 3 is 2.46 bits per heavy atom. The third-order valence-electron chi connectivity index (χ3n) is 4.40. The topological polar surface area (TPSA) is 39.7 Å². The predicted octanol–water partition coefficient (Wildman–Crippen LogP) is 4.22. The second-order valence-corrected chi connectivity index (χ2v) is 7.46. The number of hydrogen-bond donors (Lipinski definition) is 2. The summed E-state index contributed by atoms with van der Waals surface area (Å²) >= 11 is 1.76.